The van der Waals surface area contributed by atoms with E-state index in [9.17, 15) is 13.2 Å². The average Bonchev–Trinajstić information content (AvgIpc) is 3.11. The van der Waals surface area contributed by atoms with Crippen molar-refractivity contribution in [1.82, 2.24) is 9.47 Å². The summed E-state index contributed by atoms with van der Waals surface area (Å²) in [4.78, 5) is 2.25. The number of hydrogen-bond acceptors (Lipinski definition) is 1. The highest BCUT2D eigenvalue weighted by Gasteiger charge is 2.13. The smallest absolute Gasteiger partial charge is 0.159 e. The monoisotopic (exact) mass is 400 g/mol. The molecule has 0 aliphatic rings. The lowest BCUT2D eigenvalue weighted by molar-refractivity contribution is 0.235. The molecule has 0 atom stereocenters. The molecule has 2 aromatic carbocycles. The van der Waals surface area contributed by atoms with Crippen LogP contribution in [0.15, 0.2) is 60.8 Å². The van der Waals surface area contributed by atoms with Crippen LogP contribution in [0.3, 0.4) is 0 Å². The summed E-state index contributed by atoms with van der Waals surface area (Å²) in [5, 5.41) is 0. The lowest BCUT2D eigenvalue weighted by atomic mass is 10.1. The quantitative estimate of drug-likeness (QED) is 0.428. The van der Waals surface area contributed by atoms with Crippen molar-refractivity contribution in [1.29, 1.82) is 0 Å². The van der Waals surface area contributed by atoms with Gasteiger partial charge in [-0.25, -0.2) is 13.2 Å². The highest BCUT2D eigenvalue weighted by molar-refractivity contribution is 5.20. The SMILES string of the molecule is CC(C)CCN(Cc1ccc(F)c(F)c1)Cc1cccn1Cc1ccc(F)cc1. The van der Waals surface area contributed by atoms with E-state index >= 15 is 0 Å². The highest BCUT2D eigenvalue weighted by atomic mass is 19.2. The van der Waals surface area contributed by atoms with Gasteiger partial charge in [0.1, 0.15) is 5.82 Å². The largest absolute Gasteiger partial charge is 0.346 e. The summed E-state index contributed by atoms with van der Waals surface area (Å²) in [6.07, 6.45) is 3.03. The van der Waals surface area contributed by atoms with Gasteiger partial charge in [0.2, 0.25) is 0 Å². The molecule has 1 heterocycles. The first-order chi connectivity index (χ1) is 13.9. The number of halogens is 3. The Bertz CT molecular complexity index is 916. The first kappa shape index (κ1) is 21.2. The maximum absolute atomic E-state index is 13.6. The van der Waals surface area contributed by atoms with Gasteiger partial charge in [0, 0.05) is 31.5 Å². The number of rotatable bonds is 9. The lowest BCUT2D eigenvalue weighted by Crippen LogP contribution is -2.26. The van der Waals surface area contributed by atoms with Crippen LogP contribution in [0.1, 0.15) is 37.1 Å². The van der Waals surface area contributed by atoms with Crippen LogP contribution in [0.5, 0.6) is 0 Å². The van der Waals surface area contributed by atoms with Crippen LogP contribution in [0.2, 0.25) is 0 Å². The minimum absolute atomic E-state index is 0.243. The van der Waals surface area contributed by atoms with Crippen LogP contribution >= 0.6 is 0 Å². The second kappa shape index (κ2) is 9.79. The summed E-state index contributed by atoms with van der Waals surface area (Å²) in [7, 11) is 0. The molecule has 3 aromatic rings. The Morgan fingerprint density at radius 3 is 2.28 bits per heavy atom. The third kappa shape index (κ3) is 6.23. The van der Waals surface area contributed by atoms with Gasteiger partial charge in [-0.3, -0.25) is 4.90 Å². The summed E-state index contributed by atoms with van der Waals surface area (Å²) in [5.74, 6) is -1.33. The van der Waals surface area contributed by atoms with E-state index in [0.29, 0.717) is 25.6 Å². The van der Waals surface area contributed by atoms with Gasteiger partial charge in [-0.1, -0.05) is 32.0 Å². The van der Waals surface area contributed by atoms with Gasteiger partial charge < -0.3 is 4.57 Å². The van der Waals surface area contributed by atoms with Gasteiger partial charge in [0.05, 0.1) is 0 Å². The summed E-state index contributed by atoms with van der Waals surface area (Å²) >= 11 is 0. The molecule has 0 aliphatic carbocycles. The van der Waals surface area contributed by atoms with Crippen molar-refractivity contribution in [2.24, 2.45) is 5.92 Å². The minimum Gasteiger partial charge on any atom is -0.346 e. The molecule has 0 N–H and O–H groups in total. The van der Waals surface area contributed by atoms with Crippen LogP contribution in [-0.2, 0) is 19.6 Å². The molecule has 3 rings (SSSR count). The van der Waals surface area contributed by atoms with Gasteiger partial charge in [-0.15, -0.1) is 0 Å². The maximum atomic E-state index is 13.6. The molecule has 0 unspecified atom stereocenters. The average molecular weight is 400 g/mol. The van der Waals surface area contributed by atoms with E-state index in [4.69, 9.17) is 0 Å². The molecule has 1 aromatic heterocycles. The predicted molar refractivity (Wildman–Crippen MR) is 110 cm³/mol. The summed E-state index contributed by atoms with van der Waals surface area (Å²) < 4.78 is 42.2. The molecule has 2 nitrogen and oxygen atoms in total. The van der Waals surface area contributed by atoms with Crippen molar-refractivity contribution in [3.8, 4) is 0 Å². The Balaban J connectivity index is 1.74. The van der Waals surface area contributed by atoms with E-state index in [2.05, 4.69) is 29.4 Å². The zero-order chi connectivity index (χ0) is 20.8. The van der Waals surface area contributed by atoms with E-state index in [1.807, 2.05) is 12.3 Å². The molecular formula is C24H27F3N2. The van der Waals surface area contributed by atoms with E-state index in [1.54, 1.807) is 18.2 Å². The molecular weight excluding hydrogens is 373 g/mol. The third-order valence-corrected chi connectivity index (χ3v) is 4.99. The molecule has 0 saturated carbocycles. The fraction of sp³-hybridized carbons (Fsp3) is 0.333. The topological polar surface area (TPSA) is 8.17 Å². The Morgan fingerprint density at radius 1 is 0.862 bits per heavy atom. The minimum atomic E-state index is -0.823. The Hall–Kier alpha value is -2.53. The van der Waals surface area contributed by atoms with Crippen LogP contribution < -0.4 is 0 Å². The first-order valence-electron chi connectivity index (χ1n) is 9.95. The normalized spacial score (nSPS) is 11.6. The van der Waals surface area contributed by atoms with Crippen molar-refractivity contribution in [2.45, 2.75) is 39.9 Å². The van der Waals surface area contributed by atoms with Gasteiger partial charge >= 0.3 is 0 Å². The molecule has 154 valence electrons. The summed E-state index contributed by atoms with van der Waals surface area (Å²) in [5.41, 5.74) is 2.91. The van der Waals surface area contributed by atoms with Crippen LogP contribution in [0.4, 0.5) is 13.2 Å². The summed E-state index contributed by atoms with van der Waals surface area (Å²) in [6.45, 7) is 7.11. The van der Waals surface area contributed by atoms with Crippen molar-refractivity contribution >= 4 is 0 Å². The molecule has 0 amide bonds. The number of nitrogens with zero attached hydrogens (tertiary/aromatic N) is 2. The van der Waals surface area contributed by atoms with E-state index in [1.165, 1.54) is 24.3 Å². The van der Waals surface area contributed by atoms with E-state index < -0.39 is 11.6 Å². The Labute approximate surface area is 170 Å². The van der Waals surface area contributed by atoms with Gasteiger partial charge in [-0.2, -0.15) is 0 Å². The molecule has 29 heavy (non-hydrogen) atoms. The van der Waals surface area contributed by atoms with Crippen LogP contribution in [-0.4, -0.2) is 16.0 Å². The molecule has 0 bridgehead atoms. The van der Waals surface area contributed by atoms with Crippen molar-refractivity contribution in [2.75, 3.05) is 6.54 Å². The van der Waals surface area contributed by atoms with Crippen molar-refractivity contribution in [3.63, 3.8) is 0 Å². The Morgan fingerprint density at radius 2 is 1.59 bits per heavy atom. The number of benzene rings is 2. The number of hydrogen-bond donors (Lipinski definition) is 0. The molecule has 0 fully saturated rings. The standard InChI is InChI=1S/C24H27F3N2/c1-18(2)11-13-28(15-20-7-10-23(26)24(27)14-20)17-22-4-3-12-29(22)16-19-5-8-21(25)9-6-19/h3-10,12,14,18H,11,13,15-17H2,1-2H3. The van der Waals surface area contributed by atoms with Crippen molar-refractivity contribution in [3.05, 3.63) is 95.1 Å². The highest BCUT2D eigenvalue weighted by Crippen LogP contribution is 2.17. The fourth-order valence-electron chi connectivity index (χ4n) is 3.31. The first-order valence-corrected chi connectivity index (χ1v) is 9.95. The van der Waals surface area contributed by atoms with E-state index in [0.717, 1.165) is 29.8 Å². The lowest BCUT2D eigenvalue weighted by Gasteiger charge is -2.24. The second-order valence-electron chi connectivity index (χ2n) is 7.90. The zero-order valence-electron chi connectivity index (χ0n) is 16.9. The molecule has 5 heteroatoms. The predicted octanol–water partition coefficient (Wildman–Crippen LogP) is 6.00. The number of aromatic nitrogens is 1. The van der Waals surface area contributed by atoms with Crippen LogP contribution in [0, 0.1) is 23.4 Å². The second-order valence-corrected chi connectivity index (χ2v) is 7.90. The van der Waals surface area contributed by atoms with Gasteiger partial charge in [0.15, 0.2) is 11.6 Å². The molecule has 0 aliphatic heterocycles. The van der Waals surface area contributed by atoms with Gasteiger partial charge in [-0.05, 0) is 66.4 Å². The maximum Gasteiger partial charge on any atom is 0.159 e. The zero-order valence-corrected chi connectivity index (χ0v) is 16.9. The fourth-order valence-corrected chi connectivity index (χ4v) is 3.31. The Kier molecular flexibility index (Phi) is 7.15. The molecule has 0 spiro atoms. The third-order valence-electron chi connectivity index (χ3n) is 4.99. The van der Waals surface area contributed by atoms with Crippen molar-refractivity contribution < 1.29 is 13.2 Å². The molecule has 0 radical (unpaired) electrons. The van der Waals surface area contributed by atoms with Crippen LogP contribution in [0.25, 0.3) is 0 Å². The van der Waals surface area contributed by atoms with Gasteiger partial charge in [0.25, 0.3) is 0 Å². The summed E-state index contributed by atoms with van der Waals surface area (Å²) in [6, 6.07) is 14.7. The molecule has 0 saturated heterocycles. The van der Waals surface area contributed by atoms with E-state index in [-0.39, 0.29) is 5.82 Å².